The van der Waals surface area contributed by atoms with Crippen molar-refractivity contribution in [2.24, 2.45) is 0 Å². The summed E-state index contributed by atoms with van der Waals surface area (Å²) < 4.78 is 4.77. The molecule has 0 aliphatic heterocycles. The van der Waals surface area contributed by atoms with Gasteiger partial charge < -0.3 is 15.4 Å². The SMILES string of the molecule is CCOC(=O)NCCC(=O)NC(c1ccc(CC)cc1)c1cccs1. The molecule has 2 aromatic rings. The summed E-state index contributed by atoms with van der Waals surface area (Å²) >= 11 is 1.61. The van der Waals surface area contributed by atoms with Crippen LogP contribution in [0.15, 0.2) is 41.8 Å². The van der Waals surface area contributed by atoms with Crippen LogP contribution in [0.4, 0.5) is 4.79 Å². The Bertz CT molecular complexity index is 668. The quantitative estimate of drug-likeness (QED) is 0.755. The number of thiophene rings is 1. The van der Waals surface area contributed by atoms with Crippen molar-refractivity contribution >= 4 is 23.3 Å². The maximum Gasteiger partial charge on any atom is 0.407 e. The molecule has 2 amide bonds. The van der Waals surface area contributed by atoms with Gasteiger partial charge in [-0.25, -0.2) is 4.79 Å². The normalized spacial score (nSPS) is 11.6. The Kier molecular flexibility index (Phi) is 7.47. The molecular weight excluding hydrogens is 336 g/mol. The summed E-state index contributed by atoms with van der Waals surface area (Å²) in [5.41, 5.74) is 2.31. The zero-order chi connectivity index (χ0) is 18.1. The largest absolute Gasteiger partial charge is 0.450 e. The van der Waals surface area contributed by atoms with Crippen LogP contribution in [0.25, 0.3) is 0 Å². The molecular formula is C19H24N2O3S. The number of alkyl carbamates (subject to hydrolysis) is 1. The summed E-state index contributed by atoms with van der Waals surface area (Å²) in [5, 5.41) is 7.61. The third-order valence-corrected chi connectivity index (χ3v) is 4.69. The molecule has 1 atom stereocenters. The van der Waals surface area contributed by atoms with Crippen molar-refractivity contribution in [2.75, 3.05) is 13.2 Å². The molecule has 2 rings (SSSR count). The number of ether oxygens (including phenoxy) is 1. The Hall–Kier alpha value is -2.34. The molecule has 134 valence electrons. The third kappa shape index (κ3) is 5.90. The first-order chi connectivity index (χ1) is 12.1. The monoisotopic (exact) mass is 360 g/mol. The van der Waals surface area contributed by atoms with Crippen LogP contribution in [0.3, 0.4) is 0 Å². The van der Waals surface area contributed by atoms with E-state index in [-0.39, 0.29) is 24.9 Å². The first-order valence-electron chi connectivity index (χ1n) is 8.46. The zero-order valence-corrected chi connectivity index (χ0v) is 15.4. The fraction of sp³-hybridized carbons (Fsp3) is 0.368. The van der Waals surface area contributed by atoms with E-state index in [0.717, 1.165) is 16.9 Å². The van der Waals surface area contributed by atoms with Gasteiger partial charge >= 0.3 is 6.09 Å². The van der Waals surface area contributed by atoms with Crippen LogP contribution >= 0.6 is 11.3 Å². The molecule has 0 fully saturated rings. The first-order valence-corrected chi connectivity index (χ1v) is 9.34. The highest BCUT2D eigenvalue weighted by Crippen LogP contribution is 2.26. The van der Waals surface area contributed by atoms with Gasteiger partial charge in [0.15, 0.2) is 0 Å². The van der Waals surface area contributed by atoms with E-state index in [0.29, 0.717) is 6.61 Å². The van der Waals surface area contributed by atoms with Crippen LogP contribution in [0.1, 0.15) is 42.3 Å². The fourth-order valence-electron chi connectivity index (χ4n) is 2.41. The predicted octanol–water partition coefficient (Wildman–Crippen LogP) is 3.65. The van der Waals surface area contributed by atoms with Gasteiger partial charge in [0.25, 0.3) is 0 Å². The van der Waals surface area contributed by atoms with Crippen LogP contribution in [-0.4, -0.2) is 25.2 Å². The molecule has 0 aliphatic carbocycles. The summed E-state index contributed by atoms with van der Waals surface area (Å²) in [5.74, 6) is -0.116. The van der Waals surface area contributed by atoms with E-state index in [2.05, 4.69) is 41.8 Å². The van der Waals surface area contributed by atoms with Crippen molar-refractivity contribution in [2.45, 2.75) is 32.7 Å². The molecule has 2 N–H and O–H groups in total. The smallest absolute Gasteiger partial charge is 0.407 e. The summed E-state index contributed by atoms with van der Waals surface area (Å²) in [6.45, 7) is 4.41. The molecule has 0 radical (unpaired) electrons. The number of carbonyl (C=O) groups is 2. The molecule has 6 heteroatoms. The second kappa shape index (κ2) is 9.84. The highest BCUT2D eigenvalue weighted by atomic mass is 32.1. The minimum atomic E-state index is -0.500. The number of benzene rings is 1. The van der Waals surface area contributed by atoms with Gasteiger partial charge in [-0.3, -0.25) is 4.79 Å². The summed E-state index contributed by atoms with van der Waals surface area (Å²) in [4.78, 5) is 24.6. The summed E-state index contributed by atoms with van der Waals surface area (Å²) in [6, 6.07) is 12.1. The predicted molar refractivity (Wildman–Crippen MR) is 99.8 cm³/mol. The van der Waals surface area contributed by atoms with Crippen molar-refractivity contribution < 1.29 is 14.3 Å². The van der Waals surface area contributed by atoms with E-state index in [1.54, 1.807) is 18.3 Å². The Morgan fingerprint density at radius 3 is 2.52 bits per heavy atom. The topological polar surface area (TPSA) is 67.4 Å². The van der Waals surface area contributed by atoms with Crippen LogP contribution in [0.5, 0.6) is 0 Å². The molecule has 1 unspecified atom stereocenters. The maximum atomic E-state index is 12.3. The fourth-order valence-corrected chi connectivity index (χ4v) is 3.22. The highest BCUT2D eigenvalue weighted by molar-refractivity contribution is 7.10. The lowest BCUT2D eigenvalue weighted by Gasteiger charge is -2.18. The molecule has 1 heterocycles. The van der Waals surface area contributed by atoms with Crippen molar-refractivity contribution in [3.63, 3.8) is 0 Å². The molecule has 0 spiro atoms. The minimum absolute atomic E-state index is 0.116. The van der Waals surface area contributed by atoms with Crippen molar-refractivity contribution in [1.82, 2.24) is 10.6 Å². The first kappa shape index (κ1) is 19.0. The maximum absolute atomic E-state index is 12.3. The second-order valence-electron chi connectivity index (χ2n) is 5.51. The van der Waals surface area contributed by atoms with Crippen molar-refractivity contribution in [3.8, 4) is 0 Å². The lowest BCUT2D eigenvalue weighted by Crippen LogP contribution is -2.33. The Morgan fingerprint density at radius 2 is 1.92 bits per heavy atom. The number of carbonyl (C=O) groups excluding carboxylic acids is 2. The van der Waals surface area contributed by atoms with E-state index >= 15 is 0 Å². The number of hydrogen-bond donors (Lipinski definition) is 2. The van der Waals surface area contributed by atoms with E-state index in [1.807, 2.05) is 17.5 Å². The van der Waals surface area contributed by atoms with Gasteiger partial charge in [0.05, 0.1) is 12.6 Å². The van der Waals surface area contributed by atoms with Gasteiger partial charge in [-0.1, -0.05) is 37.3 Å². The highest BCUT2D eigenvalue weighted by Gasteiger charge is 2.18. The molecule has 0 saturated carbocycles. The molecule has 1 aromatic carbocycles. The molecule has 0 bridgehead atoms. The third-order valence-electron chi connectivity index (χ3n) is 3.75. The molecule has 0 saturated heterocycles. The molecule has 5 nitrogen and oxygen atoms in total. The van der Waals surface area contributed by atoms with E-state index in [9.17, 15) is 9.59 Å². The average Bonchev–Trinajstić information content (AvgIpc) is 3.14. The second-order valence-corrected chi connectivity index (χ2v) is 6.49. The minimum Gasteiger partial charge on any atom is -0.450 e. The summed E-state index contributed by atoms with van der Waals surface area (Å²) in [7, 11) is 0. The van der Waals surface area contributed by atoms with Gasteiger partial charge in [0.1, 0.15) is 0 Å². The number of rotatable bonds is 8. The van der Waals surface area contributed by atoms with Gasteiger partial charge in [0.2, 0.25) is 5.91 Å². The molecule has 1 aromatic heterocycles. The van der Waals surface area contributed by atoms with Gasteiger partial charge in [-0.2, -0.15) is 0 Å². The van der Waals surface area contributed by atoms with Crippen LogP contribution in [0, 0.1) is 0 Å². The summed E-state index contributed by atoms with van der Waals surface area (Å²) in [6.07, 6.45) is 0.684. The van der Waals surface area contributed by atoms with Crippen molar-refractivity contribution in [1.29, 1.82) is 0 Å². The van der Waals surface area contributed by atoms with Crippen molar-refractivity contribution in [3.05, 3.63) is 57.8 Å². The molecule has 0 aliphatic rings. The lowest BCUT2D eigenvalue weighted by atomic mass is 10.0. The Labute approximate surface area is 152 Å². The standard InChI is InChI=1S/C19H24N2O3S/c1-3-14-7-9-15(10-8-14)18(16-6-5-13-25-16)21-17(22)11-12-20-19(23)24-4-2/h5-10,13,18H,3-4,11-12H2,1-2H3,(H,20,23)(H,21,22). The molecule has 25 heavy (non-hydrogen) atoms. The van der Waals surface area contributed by atoms with Crippen LogP contribution in [0.2, 0.25) is 0 Å². The van der Waals surface area contributed by atoms with Gasteiger partial charge in [-0.05, 0) is 35.9 Å². The van der Waals surface area contributed by atoms with Crippen LogP contribution in [-0.2, 0) is 16.0 Å². The number of aryl methyl sites for hydroxylation is 1. The Morgan fingerprint density at radius 1 is 1.16 bits per heavy atom. The zero-order valence-electron chi connectivity index (χ0n) is 14.6. The van der Waals surface area contributed by atoms with Crippen LogP contribution < -0.4 is 10.6 Å². The number of nitrogens with one attached hydrogen (secondary N) is 2. The Balaban J connectivity index is 1.99. The van der Waals surface area contributed by atoms with Gasteiger partial charge in [-0.15, -0.1) is 11.3 Å². The van der Waals surface area contributed by atoms with Gasteiger partial charge in [0, 0.05) is 17.8 Å². The lowest BCUT2D eigenvalue weighted by molar-refractivity contribution is -0.121. The van der Waals surface area contributed by atoms with E-state index in [4.69, 9.17) is 4.74 Å². The van der Waals surface area contributed by atoms with E-state index < -0.39 is 6.09 Å². The number of hydrogen-bond acceptors (Lipinski definition) is 4. The average molecular weight is 360 g/mol. The van der Waals surface area contributed by atoms with E-state index in [1.165, 1.54) is 5.56 Å². The number of amides is 2.